The zero-order valence-corrected chi connectivity index (χ0v) is 22.3. The van der Waals surface area contributed by atoms with Crippen molar-refractivity contribution in [3.8, 4) is 11.3 Å². The van der Waals surface area contributed by atoms with Crippen LogP contribution in [0.4, 0.5) is 5.69 Å². The van der Waals surface area contributed by atoms with E-state index in [9.17, 15) is 8.42 Å². The molecule has 5 rings (SSSR count). The van der Waals surface area contributed by atoms with Gasteiger partial charge in [0.05, 0.1) is 22.8 Å². The first-order chi connectivity index (χ1) is 17.4. The van der Waals surface area contributed by atoms with Gasteiger partial charge >= 0.3 is 0 Å². The summed E-state index contributed by atoms with van der Waals surface area (Å²) in [6, 6.07) is 27.5. The van der Waals surface area contributed by atoms with Crippen LogP contribution in [-0.4, -0.2) is 30.4 Å². The first kappa shape index (κ1) is 24.7. The Bertz CT molecular complexity index is 1480. The lowest BCUT2D eigenvalue weighted by atomic mass is 9.94. The molecule has 5 nitrogen and oxygen atoms in total. The summed E-state index contributed by atoms with van der Waals surface area (Å²) in [5.41, 5.74) is 3.87. The lowest BCUT2D eigenvalue weighted by Crippen LogP contribution is -2.42. The molecule has 2 heterocycles. The Morgan fingerprint density at radius 2 is 1.56 bits per heavy atom. The van der Waals surface area contributed by atoms with Gasteiger partial charge < -0.3 is 4.57 Å². The predicted molar refractivity (Wildman–Crippen MR) is 147 cm³/mol. The fourth-order valence-corrected chi connectivity index (χ4v) is 7.60. The van der Waals surface area contributed by atoms with Gasteiger partial charge in [-0.2, -0.15) is 4.31 Å². The first-order valence-electron chi connectivity index (χ1n) is 12.3. The van der Waals surface area contributed by atoms with Gasteiger partial charge in [0.15, 0.2) is 4.80 Å². The lowest BCUT2D eigenvalue weighted by Gasteiger charge is -2.34. The second-order valence-electron chi connectivity index (χ2n) is 9.72. The van der Waals surface area contributed by atoms with E-state index in [1.54, 1.807) is 21.7 Å². The van der Waals surface area contributed by atoms with Crippen LogP contribution < -0.4 is 4.80 Å². The number of hydrogen-bond acceptors (Lipinski definition) is 4. The van der Waals surface area contributed by atoms with E-state index in [0.717, 1.165) is 33.7 Å². The van der Waals surface area contributed by atoms with Crippen LogP contribution in [0.25, 0.3) is 11.3 Å². The second-order valence-corrected chi connectivity index (χ2v) is 12.5. The number of sulfonamides is 1. The molecule has 0 saturated carbocycles. The molecule has 1 saturated heterocycles. The number of aromatic nitrogens is 1. The highest BCUT2D eigenvalue weighted by atomic mass is 32.2. The van der Waals surface area contributed by atoms with Crippen molar-refractivity contribution < 1.29 is 8.42 Å². The van der Waals surface area contributed by atoms with Crippen molar-refractivity contribution in [2.24, 2.45) is 16.8 Å². The molecular weight excluding hydrogens is 486 g/mol. The summed E-state index contributed by atoms with van der Waals surface area (Å²) in [5.74, 6) is 0.720. The average Bonchev–Trinajstić information content (AvgIpc) is 3.26. The summed E-state index contributed by atoms with van der Waals surface area (Å²) in [7, 11) is -3.57. The maximum absolute atomic E-state index is 13.6. The Labute approximate surface area is 217 Å². The van der Waals surface area contributed by atoms with Gasteiger partial charge in [0.2, 0.25) is 10.0 Å². The van der Waals surface area contributed by atoms with E-state index in [1.807, 2.05) is 66.7 Å². The van der Waals surface area contributed by atoms with E-state index < -0.39 is 10.0 Å². The number of para-hydroxylation sites is 1. The molecule has 0 amide bonds. The summed E-state index contributed by atoms with van der Waals surface area (Å²) in [6.45, 7) is 6.05. The number of hydrogen-bond donors (Lipinski definition) is 0. The molecule has 4 aromatic rings. The van der Waals surface area contributed by atoms with Crippen LogP contribution >= 0.6 is 11.3 Å². The lowest BCUT2D eigenvalue weighted by molar-refractivity contribution is 0.222. The molecule has 0 aliphatic carbocycles. The fourth-order valence-electron chi connectivity index (χ4n) is 4.95. The number of thiazole rings is 1. The summed E-state index contributed by atoms with van der Waals surface area (Å²) in [4.78, 5) is 6.11. The van der Waals surface area contributed by atoms with Crippen LogP contribution in [0.1, 0.15) is 25.8 Å². The summed E-state index contributed by atoms with van der Waals surface area (Å²) in [6.07, 6.45) is 1.06. The quantitative estimate of drug-likeness (QED) is 0.307. The molecule has 7 heteroatoms. The molecule has 1 aromatic heterocycles. The van der Waals surface area contributed by atoms with Gasteiger partial charge in [0, 0.05) is 24.0 Å². The maximum Gasteiger partial charge on any atom is 0.243 e. The van der Waals surface area contributed by atoms with Gasteiger partial charge in [0.25, 0.3) is 0 Å². The number of benzene rings is 3. The van der Waals surface area contributed by atoms with Gasteiger partial charge in [-0.3, -0.25) is 0 Å². The highest BCUT2D eigenvalue weighted by Gasteiger charge is 2.31. The van der Waals surface area contributed by atoms with Crippen LogP contribution in [0.3, 0.4) is 0 Å². The van der Waals surface area contributed by atoms with Crippen LogP contribution in [0.15, 0.2) is 100 Å². The fraction of sp³-hybridized carbons (Fsp3) is 0.276. The molecule has 0 spiro atoms. The highest BCUT2D eigenvalue weighted by Crippen LogP contribution is 2.29. The largest absolute Gasteiger partial charge is 0.312 e. The van der Waals surface area contributed by atoms with E-state index >= 15 is 0 Å². The number of nitrogens with zero attached hydrogens (tertiary/aromatic N) is 3. The topological polar surface area (TPSA) is 54.7 Å². The zero-order chi connectivity index (χ0) is 25.1. The molecule has 1 aliphatic rings. The van der Waals surface area contributed by atoms with Crippen LogP contribution in [0.5, 0.6) is 0 Å². The SMILES string of the molecule is CC1CC(C)CN(S(=O)(=O)c2cccc(-c3csc(=Nc4ccccc4)n3Cc3ccccc3)c2)C1. The normalized spacial score (nSPS) is 19.4. The van der Waals surface area contributed by atoms with E-state index in [0.29, 0.717) is 36.4 Å². The van der Waals surface area contributed by atoms with E-state index in [-0.39, 0.29) is 0 Å². The molecule has 3 aromatic carbocycles. The predicted octanol–water partition coefficient (Wildman–Crippen LogP) is 6.16. The molecule has 0 N–H and O–H groups in total. The van der Waals surface area contributed by atoms with Crippen LogP contribution in [-0.2, 0) is 16.6 Å². The summed E-state index contributed by atoms with van der Waals surface area (Å²) < 4.78 is 31.0. The molecule has 186 valence electrons. The van der Waals surface area contributed by atoms with Gasteiger partial charge in [0.1, 0.15) is 0 Å². The summed E-state index contributed by atoms with van der Waals surface area (Å²) >= 11 is 1.56. The van der Waals surface area contributed by atoms with Crippen molar-refractivity contribution in [3.63, 3.8) is 0 Å². The Hall–Kier alpha value is -3.00. The zero-order valence-electron chi connectivity index (χ0n) is 20.6. The van der Waals surface area contributed by atoms with Gasteiger partial charge in [-0.25, -0.2) is 13.4 Å². The first-order valence-corrected chi connectivity index (χ1v) is 14.6. The molecule has 2 unspecified atom stereocenters. The second kappa shape index (κ2) is 10.5. The van der Waals surface area contributed by atoms with Crippen molar-refractivity contribution in [3.05, 3.63) is 101 Å². The number of rotatable bonds is 6. The summed E-state index contributed by atoms with van der Waals surface area (Å²) in [5, 5.41) is 2.07. The van der Waals surface area contributed by atoms with E-state index in [4.69, 9.17) is 4.99 Å². The Morgan fingerprint density at radius 3 is 2.25 bits per heavy atom. The van der Waals surface area contributed by atoms with Gasteiger partial charge in [-0.15, -0.1) is 11.3 Å². The van der Waals surface area contributed by atoms with Gasteiger partial charge in [-0.05, 0) is 48.1 Å². The van der Waals surface area contributed by atoms with E-state index in [2.05, 4.69) is 35.9 Å². The Balaban J connectivity index is 1.57. The van der Waals surface area contributed by atoms with Crippen molar-refractivity contribution in [1.82, 2.24) is 8.87 Å². The minimum Gasteiger partial charge on any atom is -0.312 e. The average molecular weight is 518 g/mol. The molecular formula is C29H31N3O2S2. The molecule has 0 radical (unpaired) electrons. The highest BCUT2D eigenvalue weighted by molar-refractivity contribution is 7.89. The minimum atomic E-state index is -3.57. The van der Waals surface area contributed by atoms with E-state index in [1.165, 1.54) is 0 Å². The van der Waals surface area contributed by atoms with Crippen molar-refractivity contribution in [1.29, 1.82) is 0 Å². The molecule has 1 fully saturated rings. The standard InChI is InChI=1S/C29H31N3O2S2/c1-22-16-23(2)19-31(18-22)36(33,34)27-15-9-12-25(17-27)28-21-35-29(30-26-13-7-4-8-14-26)32(28)20-24-10-5-3-6-11-24/h3-15,17,21-23H,16,18-20H2,1-2H3. The van der Waals surface area contributed by atoms with Crippen LogP contribution in [0, 0.1) is 11.8 Å². The third kappa shape index (κ3) is 5.38. The van der Waals surface area contributed by atoms with Crippen molar-refractivity contribution in [2.45, 2.75) is 31.7 Å². The molecule has 2 atom stereocenters. The van der Waals surface area contributed by atoms with Crippen molar-refractivity contribution >= 4 is 27.0 Å². The monoisotopic (exact) mass is 517 g/mol. The molecule has 1 aliphatic heterocycles. The number of piperidine rings is 1. The Morgan fingerprint density at radius 1 is 0.889 bits per heavy atom. The third-order valence-corrected chi connectivity index (χ3v) is 9.26. The minimum absolute atomic E-state index is 0.348. The molecule has 0 bridgehead atoms. The smallest absolute Gasteiger partial charge is 0.243 e. The third-order valence-electron chi connectivity index (χ3n) is 6.57. The van der Waals surface area contributed by atoms with Gasteiger partial charge in [-0.1, -0.05) is 74.5 Å². The molecule has 36 heavy (non-hydrogen) atoms. The maximum atomic E-state index is 13.6. The van der Waals surface area contributed by atoms with Crippen LogP contribution in [0.2, 0.25) is 0 Å². The Kier molecular flexibility index (Phi) is 7.23. The van der Waals surface area contributed by atoms with Crippen molar-refractivity contribution in [2.75, 3.05) is 13.1 Å².